The minimum Gasteiger partial charge on any atom is -0.394 e. The van der Waals surface area contributed by atoms with E-state index in [9.17, 15) is 0 Å². The summed E-state index contributed by atoms with van der Waals surface area (Å²) < 4.78 is 0. The maximum absolute atomic E-state index is 6.01. The Bertz CT molecular complexity index is 412. The molecule has 0 bridgehead atoms. The van der Waals surface area contributed by atoms with Crippen molar-refractivity contribution in [2.24, 2.45) is 5.41 Å². The van der Waals surface area contributed by atoms with E-state index >= 15 is 0 Å². The van der Waals surface area contributed by atoms with Crippen LogP contribution in [0.4, 0.5) is 11.5 Å². The molecule has 1 atom stereocenters. The monoisotopic (exact) mass is 256 g/mol. The zero-order chi connectivity index (χ0) is 13.4. The van der Waals surface area contributed by atoms with E-state index in [1.807, 2.05) is 14.0 Å². The standard InChI is InChI=1S/C12H21ClN4/c1-7-9(14)10(16-11(13)15-7)17(6)8(2)12(3,4)5/h8H,14H2,1-6H3. The van der Waals surface area contributed by atoms with Crippen LogP contribution in [-0.2, 0) is 0 Å². The molecule has 1 aromatic rings. The van der Waals surface area contributed by atoms with Crippen molar-refractivity contribution in [1.82, 2.24) is 9.97 Å². The quantitative estimate of drug-likeness (QED) is 0.827. The number of aromatic nitrogens is 2. The first kappa shape index (κ1) is 14.0. The highest BCUT2D eigenvalue weighted by molar-refractivity contribution is 6.28. The van der Waals surface area contributed by atoms with Crippen LogP contribution in [0.25, 0.3) is 0 Å². The van der Waals surface area contributed by atoms with Crippen LogP contribution in [0.15, 0.2) is 0 Å². The molecule has 0 saturated carbocycles. The molecule has 17 heavy (non-hydrogen) atoms. The maximum atomic E-state index is 6.01. The van der Waals surface area contributed by atoms with E-state index in [1.165, 1.54) is 0 Å². The van der Waals surface area contributed by atoms with Crippen molar-refractivity contribution in [3.05, 3.63) is 11.0 Å². The predicted molar refractivity (Wildman–Crippen MR) is 73.5 cm³/mol. The molecule has 5 heteroatoms. The number of hydrogen-bond donors (Lipinski definition) is 1. The lowest BCUT2D eigenvalue weighted by molar-refractivity contribution is 0.328. The highest BCUT2D eigenvalue weighted by Crippen LogP contribution is 2.30. The number of nitrogen functional groups attached to an aromatic ring is 1. The van der Waals surface area contributed by atoms with Gasteiger partial charge in [0.15, 0.2) is 5.82 Å². The lowest BCUT2D eigenvalue weighted by atomic mass is 9.87. The molecule has 0 spiro atoms. The van der Waals surface area contributed by atoms with Gasteiger partial charge in [0.05, 0.1) is 11.4 Å². The van der Waals surface area contributed by atoms with Crippen LogP contribution >= 0.6 is 11.6 Å². The van der Waals surface area contributed by atoms with Crippen LogP contribution in [0.5, 0.6) is 0 Å². The summed E-state index contributed by atoms with van der Waals surface area (Å²) in [5, 5.41) is 0.236. The number of halogens is 1. The molecule has 1 heterocycles. The lowest BCUT2D eigenvalue weighted by Crippen LogP contribution is -2.40. The average Bonchev–Trinajstić information content (AvgIpc) is 2.20. The largest absolute Gasteiger partial charge is 0.394 e. The molecular formula is C12H21ClN4. The van der Waals surface area contributed by atoms with Gasteiger partial charge in [0.1, 0.15) is 0 Å². The summed E-state index contributed by atoms with van der Waals surface area (Å²) in [6.07, 6.45) is 0. The van der Waals surface area contributed by atoms with Crippen LogP contribution < -0.4 is 10.6 Å². The summed E-state index contributed by atoms with van der Waals surface area (Å²) in [6.45, 7) is 10.5. The lowest BCUT2D eigenvalue weighted by Gasteiger charge is -2.36. The van der Waals surface area contributed by atoms with Gasteiger partial charge in [0, 0.05) is 13.1 Å². The normalized spacial score (nSPS) is 13.6. The molecular weight excluding hydrogens is 236 g/mol. The summed E-state index contributed by atoms with van der Waals surface area (Å²) in [5.41, 5.74) is 7.45. The zero-order valence-corrected chi connectivity index (χ0v) is 12.1. The average molecular weight is 257 g/mol. The van der Waals surface area contributed by atoms with E-state index in [2.05, 4.69) is 42.6 Å². The number of nitrogens with two attached hydrogens (primary N) is 1. The Hall–Kier alpha value is -1.03. The summed E-state index contributed by atoms with van der Waals surface area (Å²) in [4.78, 5) is 10.3. The molecule has 96 valence electrons. The second kappa shape index (κ2) is 4.69. The highest BCUT2D eigenvalue weighted by Gasteiger charge is 2.26. The smallest absolute Gasteiger partial charge is 0.224 e. The van der Waals surface area contributed by atoms with Gasteiger partial charge >= 0.3 is 0 Å². The first-order chi connectivity index (χ1) is 7.64. The molecule has 0 aliphatic heterocycles. The number of anilines is 2. The van der Waals surface area contributed by atoms with Gasteiger partial charge in [0.2, 0.25) is 5.28 Å². The molecule has 0 radical (unpaired) electrons. The Morgan fingerprint density at radius 2 is 1.82 bits per heavy atom. The molecule has 0 fully saturated rings. The summed E-state index contributed by atoms with van der Waals surface area (Å²) >= 11 is 5.88. The topological polar surface area (TPSA) is 55.0 Å². The Morgan fingerprint density at radius 3 is 2.29 bits per heavy atom. The summed E-state index contributed by atoms with van der Waals surface area (Å²) in [7, 11) is 1.98. The van der Waals surface area contributed by atoms with E-state index < -0.39 is 0 Å². The molecule has 0 aliphatic carbocycles. The van der Waals surface area contributed by atoms with Crippen LogP contribution in [0.1, 0.15) is 33.4 Å². The Kier molecular flexibility index (Phi) is 3.87. The van der Waals surface area contributed by atoms with E-state index in [-0.39, 0.29) is 16.7 Å². The highest BCUT2D eigenvalue weighted by atomic mass is 35.5. The minimum absolute atomic E-state index is 0.131. The van der Waals surface area contributed by atoms with Crippen molar-refractivity contribution in [3.63, 3.8) is 0 Å². The molecule has 4 nitrogen and oxygen atoms in total. The van der Waals surface area contributed by atoms with Crippen molar-refractivity contribution in [2.45, 2.75) is 40.7 Å². The summed E-state index contributed by atoms with van der Waals surface area (Å²) in [6, 6.07) is 0.287. The van der Waals surface area contributed by atoms with Crippen molar-refractivity contribution in [3.8, 4) is 0 Å². The second-order valence-electron chi connectivity index (χ2n) is 5.47. The molecule has 0 amide bonds. The van der Waals surface area contributed by atoms with Crippen molar-refractivity contribution < 1.29 is 0 Å². The molecule has 0 saturated heterocycles. The number of hydrogen-bond acceptors (Lipinski definition) is 4. The van der Waals surface area contributed by atoms with Crippen molar-refractivity contribution in [1.29, 1.82) is 0 Å². The maximum Gasteiger partial charge on any atom is 0.224 e. The number of nitrogens with zero attached hydrogens (tertiary/aromatic N) is 3. The van der Waals surface area contributed by atoms with Crippen molar-refractivity contribution in [2.75, 3.05) is 17.7 Å². The van der Waals surface area contributed by atoms with Gasteiger partial charge in [-0.1, -0.05) is 20.8 Å². The Labute approximate surface area is 108 Å². The van der Waals surface area contributed by atoms with E-state index in [0.29, 0.717) is 17.2 Å². The van der Waals surface area contributed by atoms with Crippen LogP contribution in [0.2, 0.25) is 5.28 Å². The number of rotatable bonds is 2. The first-order valence-corrected chi connectivity index (χ1v) is 6.05. The van der Waals surface area contributed by atoms with Crippen molar-refractivity contribution >= 4 is 23.1 Å². The minimum atomic E-state index is 0.131. The van der Waals surface area contributed by atoms with E-state index in [0.717, 1.165) is 0 Å². The van der Waals surface area contributed by atoms with Gasteiger partial charge in [0.25, 0.3) is 0 Å². The van der Waals surface area contributed by atoms with Crippen LogP contribution in [0, 0.1) is 12.3 Å². The fourth-order valence-corrected chi connectivity index (χ4v) is 1.77. The van der Waals surface area contributed by atoms with E-state index in [4.69, 9.17) is 17.3 Å². The van der Waals surface area contributed by atoms with Crippen LogP contribution in [-0.4, -0.2) is 23.1 Å². The third-order valence-electron chi connectivity index (χ3n) is 3.26. The van der Waals surface area contributed by atoms with Crippen LogP contribution in [0.3, 0.4) is 0 Å². The SMILES string of the molecule is Cc1nc(Cl)nc(N(C)C(C)C(C)(C)C)c1N. The zero-order valence-electron chi connectivity index (χ0n) is 11.4. The van der Waals surface area contributed by atoms with Gasteiger partial charge in [-0.25, -0.2) is 4.98 Å². The van der Waals surface area contributed by atoms with Gasteiger partial charge < -0.3 is 10.6 Å². The second-order valence-corrected chi connectivity index (χ2v) is 5.81. The molecule has 0 aromatic carbocycles. The summed E-state index contributed by atoms with van der Waals surface area (Å²) in [5.74, 6) is 0.699. The van der Waals surface area contributed by atoms with Gasteiger partial charge in [-0.3, -0.25) is 0 Å². The fourth-order valence-electron chi connectivity index (χ4n) is 1.57. The molecule has 1 aromatic heterocycles. The van der Waals surface area contributed by atoms with Gasteiger partial charge in [-0.2, -0.15) is 4.98 Å². The molecule has 1 rings (SSSR count). The van der Waals surface area contributed by atoms with E-state index in [1.54, 1.807) is 0 Å². The van der Waals surface area contributed by atoms with Gasteiger partial charge in [-0.05, 0) is 30.9 Å². The van der Waals surface area contributed by atoms with Gasteiger partial charge in [-0.15, -0.1) is 0 Å². The molecule has 2 N–H and O–H groups in total. The number of aryl methyl sites for hydroxylation is 1. The molecule has 0 aliphatic rings. The Balaban J connectivity index is 3.17. The Morgan fingerprint density at radius 1 is 1.29 bits per heavy atom. The predicted octanol–water partition coefficient (Wildman–Crippen LogP) is 2.89. The third kappa shape index (κ3) is 3.00. The first-order valence-electron chi connectivity index (χ1n) is 5.67. The third-order valence-corrected chi connectivity index (χ3v) is 3.43. The fraction of sp³-hybridized carbons (Fsp3) is 0.667. The molecule has 1 unspecified atom stereocenters.